The molecule has 0 aromatic carbocycles. The van der Waals surface area contributed by atoms with Gasteiger partial charge in [-0.15, -0.1) is 0 Å². The van der Waals surface area contributed by atoms with Crippen LogP contribution >= 0.6 is 0 Å². The first-order valence-electron chi connectivity index (χ1n) is 3.68. The summed E-state index contributed by atoms with van der Waals surface area (Å²) in [5.41, 5.74) is 2.04. The summed E-state index contributed by atoms with van der Waals surface area (Å²) < 4.78 is 1.80. The first kappa shape index (κ1) is 6.92. The van der Waals surface area contributed by atoms with Crippen molar-refractivity contribution < 1.29 is 0 Å². The van der Waals surface area contributed by atoms with E-state index in [4.69, 9.17) is 5.26 Å². The summed E-state index contributed by atoms with van der Waals surface area (Å²) in [6, 6.07) is 1.99. The number of hydrogen-bond acceptors (Lipinski definition) is 3. The Morgan fingerprint density at radius 2 is 2.50 bits per heavy atom. The average molecular weight is 160 g/mol. The molecule has 0 atom stereocenters. The van der Waals surface area contributed by atoms with Crippen molar-refractivity contribution >= 4 is 6.08 Å². The zero-order chi connectivity index (χ0) is 8.55. The molecule has 1 aliphatic rings. The Morgan fingerprint density at radius 1 is 1.67 bits per heavy atom. The standard InChI is InChI=1S/C8H8N4/c1-7-4-8-2-3-11(5-9)6-12(8)10-7/h2-4H,6H2,1H3. The third-order valence-corrected chi connectivity index (χ3v) is 1.77. The van der Waals surface area contributed by atoms with E-state index in [9.17, 15) is 0 Å². The maximum atomic E-state index is 8.61. The molecular formula is C8H8N4. The van der Waals surface area contributed by atoms with Gasteiger partial charge in [0.25, 0.3) is 0 Å². The first-order valence-corrected chi connectivity index (χ1v) is 3.68. The molecule has 0 radical (unpaired) electrons. The Kier molecular flexibility index (Phi) is 1.37. The molecule has 0 fully saturated rings. The Bertz CT molecular complexity index is 369. The molecule has 0 spiro atoms. The minimum absolute atomic E-state index is 0.524. The molecule has 0 unspecified atom stereocenters. The lowest BCUT2D eigenvalue weighted by Crippen LogP contribution is -2.20. The van der Waals surface area contributed by atoms with Crippen LogP contribution in [-0.2, 0) is 6.67 Å². The van der Waals surface area contributed by atoms with Gasteiger partial charge in [0.15, 0.2) is 6.19 Å². The van der Waals surface area contributed by atoms with E-state index in [0.717, 1.165) is 11.4 Å². The predicted octanol–water partition coefficient (Wildman–Crippen LogP) is 0.916. The van der Waals surface area contributed by atoms with Crippen molar-refractivity contribution in [3.05, 3.63) is 23.7 Å². The Balaban J connectivity index is 2.39. The summed E-state index contributed by atoms with van der Waals surface area (Å²) in [5.74, 6) is 0. The summed E-state index contributed by atoms with van der Waals surface area (Å²) in [7, 11) is 0. The molecule has 12 heavy (non-hydrogen) atoms. The van der Waals surface area contributed by atoms with Gasteiger partial charge in [0, 0.05) is 6.20 Å². The maximum Gasteiger partial charge on any atom is 0.185 e. The van der Waals surface area contributed by atoms with E-state index >= 15 is 0 Å². The lowest BCUT2D eigenvalue weighted by atomic mass is 10.3. The SMILES string of the molecule is Cc1cc2n(n1)CN(C#N)C=C2. The predicted molar refractivity (Wildman–Crippen MR) is 43.5 cm³/mol. The van der Waals surface area contributed by atoms with Crippen molar-refractivity contribution in [2.45, 2.75) is 13.6 Å². The van der Waals surface area contributed by atoms with Crippen LogP contribution in [0.4, 0.5) is 0 Å². The number of rotatable bonds is 0. The monoisotopic (exact) mass is 160 g/mol. The Morgan fingerprint density at radius 3 is 3.25 bits per heavy atom. The first-order chi connectivity index (χ1) is 5.79. The van der Waals surface area contributed by atoms with Gasteiger partial charge < -0.3 is 0 Å². The third kappa shape index (κ3) is 0.957. The number of nitriles is 1. The second kappa shape index (κ2) is 2.38. The van der Waals surface area contributed by atoms with Crippen LogP contribution < -0.4 is 0 Å². The van der Waals surface area contributed by atoms with Crippen LogP contribution in [0.1, 0.15) is 11.4 Å². The van der Waals surface area contributed by atoms with Crippen LogP contribution in [0.2, 0.25) is 0 Å². The van der Waals surface area contributed by atoms with Crippen molar-refractivity contribution in [1.82, 2.24) is 14.7 Å². The van der Waals surface area contributed by atoms with Crippen LogP contribution in [0.15, 0.2) is 12.3 Å². The fourth-order valence-electron chi connectivity index (χ4n) is 1.24. The van der Waals surface area contributed by atoms with Crippen LogP contribution in [0.5, 0.6) is 0 Å². The Labute approximate surface area is 70.3 Å². The van der Waals surface area contributed by atoms with Gasteiger partial charge in [0.2, 0.25) is 0 Å². The van der Waals surface area contributed by atoms with E-state index in [1.807, 2.05) is 25.3 Å². The molecule has 4 heteroatoms. The van der Waals surface area contributed by atoms with E-state index in [-0.39, 0.29) is 0 Å². The number of aryl methyl sites for hydroxylation is 1. The summed E-state index contributed by atoms with van der Waals surface area (Å²) >= 11 is 0. The molecule has 0 bridgehead atoms. The van der Waals surface area contributed by atoms with E-state index in [1.54, 1.807) is 10.9 Å². The van der Waals surface area contributed by atoms with Crippen LogP contribution in [0.3, 0.4) is 0 Å². The van der Waals surface area contributed by atoms with Crippen molar-refractivity contribution in [3.8, 4) is 6.19 Å². The molecule has 0 saturated carbocycles. The van der Waals surface area contributed by atoms with Crippen LogP contribution in [0, 0.1) is 18.4 Å². The minimum atomic E-state index is 0.524. The van der Waals surface area contributed by atoms with Gasteiger partial charge in [-0.3, -0.25) is 4.90 Å². The number of hydrogen-bond donors (Lipinski definition) is 0. The summed E-state index contributed by atoms with van der Waals surface area (Å²) in [4.78, 5) is 1.53. The normalized spacial score (nSPS) is 14.2. The highest BCUT2D eigenvalue weighted by Gasteiger charge is 2.09. The fraction of sp³-hybridized carbons (Fsp3) is 0.250. The molecule has 60 valence electrons. The van der Waals surface area contributed by atoms with E-state index in [0.29, 0.717) is 6.67 Å². The van der Waals surface area contributed by atoms with Gasteiger partial charge in [-0.05, 0) is 19.1 Å². The van der Waals surface area contributed by atoms with E-state index in [2.05, 4.69) is 5.10 Å². The molecule has 0 N–H and O–H groups in total. The topological polar surface area (TPSA) is 44.9 Å². The largest absolute Gasteiger partial charge is 0.266 e. The maximum absolute atomic E-state index is 8.61. The van der Waals surface area contributed by atoms with E-state index < -0.39 is 0 Å². The van der Waals surface area contributed by atoms with Gasteiger partial charge in [0.1, 0.15) is 6.67 Å². The van der Waals surface area contributed by atoms with Crippen molar-refractivity contribution in [1.29, 1.82) is 5.26 Å². The summed E-state index contributed by atoms with van der Waals surface area (Å²) in [6.07, 6.45) is 5.68. The second-order valence-electron chi connectivity index (χ2n) is 2.74. The zero-order valence-electron chi connectivity index (χ0n) is 6.73. The smallest absolute Gasteiger partial charge is 0.185 e. The van der Waals surface area contributed by atoms with Crippen molar-refractivity contribution in [3.63, 3.8) is 0 Å². The fourth-order valence-corrected chi connectivity index (χ4v) is 1.24. The molecule has 1 aliphatic heterocycles. The van der Waals surface area contributed by atoms with Crippen molar-refractivity contribution in [2.75, 3.05) is 0 Å². The van der Waals surface area contributed by atoms with E-state index in [1.165, 1.54) is 4.90 Å². The molecule has 1 aromatic heterocycles. The molecule has 0 aliphatic carbocycles. The molecule has 1 aromatic rings. The lowest BCUT2D eigenvalue weighted by molar-refractivity contribution is 0.377. The van der Waals surface area contributed by atoms with Gasteiger partial charge >= 0.3 is 0 Å². The molecule has 4 nitrogen and oxygen atoms in total. The minimum Gasteiger partial charge on any atom is -0.266 e. The highest BCUT2D eigenvalue weighted by molar-refractivity contribution is 5.46. The number of fused-ring (bicyclic) bond motifs is 1. The van der Waals surface area contributed by atoms with Gasteiger partial charge in [-0.25, -0.2) is 4.68 Å². The molecule has 2 rings (SSSR count). The third-order valence-electron chi connectivity index (χ3n) is 1.77. The quantitative estimate of drug-likeness (QED) is 0.530. The lowest BCUT2D eigenvalue weighted by Gasteiger charge is -2.15. The second-order valence-corrected chi connectivity index (χ2v) is 2.74. The van der Waals surface area contributed by atoms with Gasteiger partial charge in [-0.2, -0.15) is 10.4 Å². The highest BCUT2D eigenvalue weighted by atomic mass is 15.4. The molecule has 0 amide bonds. The molecular weight excluding hydrogens is 152 g/mol. The van der Waals surface area contributed by atoms with Crippen molar-refractivity contribution in [2.24, 2.45) is 0 Å². The number of nitrogens with zero attached hydrogens (tertiary/aromatic N) is 4. The molecule has 2 heterocycles. The summed E-state index contributed by atoms with van der Waals surface area (Å²) in [6.45, 7) is 2.46. The molecule has 0 saturated heterocycles. The van der Waals surface area contributed by atoms with Crippen LogP contribution in [0.25, 0.3) is 6.08 Å². The number of aromatic nitrogens is 2. The van der Waals surface area contributed by atoms with Gasteiger partial charge in [-0.1, -0.05) is 0 Å². The summed E-state index contributed by atoms with van der Waals surface area (Å²) in [5, 5.41) is 12.8. The zero-order valence-corrected chi connectivity index (χ0v) is 6.73. The highest BCUT2D eigenvalue weighted by Crippen LogP contribution is 2.12. The van der Waals surface area contributed by atoms with Gasteiger partial charge in [0.05, 0.1) is 11.4 Å². The Hall–Kier alpha value is -1.76. The van der Waals surface area contributed by atoms with Crippen LogP contribution in [-0.4, -0.2) is 14.7 Å². The average Bonchev–Trinajstić information content (AvgIpc) is 2.43.